The average Bonchev–Trinajstić information content (AvgIpc) is 2.39. The molecule has 0 aliphatic carbocycles. The van der Waals surface area contributed by atoms with Gasteiger partial charge in [0.15, 0.2) is 0 Å². The highest BCUT2D eigenvalue weighted by Gasteiger charge is 1.99. The third kappa shape index (κ3) is 1.70. The van der Waals surface area contributed by atoms with E-state index in [2.05, 4.69) is 36.2 Å². The van der Waals surface area contributed by atoms with Crippen molar-refractivity contribution < 1.29 is 0 Å². The third-order valence-electron chi connectivity index (χ3n) is 2.97. The zero-order valence-electron chi connectivity index (χ0n) is 9.64. The molecule has 0 saturated carbocycles. The van der Waals surface area contributed by atoms with Crippen molar-refractivity contribution in [2.45, 2.75) is 6.92 Å². The van der Waals surface area contributed by atoms with Gasteiger partial charge in [0.25, 0.3) is 0 Å². The summed E-state index contributed by atoms with van der Waals surface area (Å²) in [4.78, 5) is 4.51. The van der Waals surface area contributed by atoms with E-state index in [0.29, 0.717) is 0 Å². The van der Waals surface area contributed by atoms with Crippen molar-refractivity contribution >= 4 is 10.8 Å². The van der Waals surface area contributed by atoms with E-state index < -0.39 is 0 Å². The molecule has 0 spiro atoms. The Bertz CT molecular complexity index is 666. The van der Waals surface area contributed by atoms with Crippen molar-refractivity contribution in [1.29, 1.82) is 0 Å². The SMILES string of the molecule is Cc1ccc[c-]c1-c1nccc2ccccc12. The molecule has 0 fully saturated rings. The zero-order chi connectivity index (χ0) is 11.7. The lowest BCUT2D eigenvalue weighted by Gasteiger charge is -2.15. The lowest BCUT2D eigenvalue weighted by molar-refractivity contribution is 1.33. The fourth-order valence-corrected chi connectivity index (χ4v) is 2.10. The van der Waals surface area contributed by atoms with Crippen molar-refractivity contribution in [3.05, 3.63) is 66.4 Å². The number of aromatic nitrogens is 1. The molecule has 1 nitrogen and oxygen atoms in total. The Morgan fingerprint density at radius 3 is 2.76 bits per heavy atom. The molecular formula is C16H12N-. The molecule has 0 atom stereocenters. The van der Waals surface area contributed by atoms with E-state index in [1.165, 1.54) is 16.3 Å². The Morgan fingerprint density at radius 2 is 1.88 bits per heavy atom. The summed E-state index contributed by atoms with van der Waals surface area (Å²) in [6.07, 6.45) is 1.86. The number of pyridine rings is 1. The summed E-state index contributed by atoms with van der Waals surface area (Å²) in [5.74, 6) is 0. The van der Waals surface area contributed by atoms with Crippen molar-refractivity contribution in [3.63, 3.8) is 0 Å². The van der Waals surface area contributed by atoms with Gasteiger partial charge in [-0.25, -0.2) is 0 Å². The van der Waals surface area contributed by atoms with Gasteiger partial charge in [-0.05, 0) is 22.5 Å². The topological polar surface area (TPSA) is 12.9 Å². The Balaban J connectivity index is 2.35. The maximum absolute atomic E-state index is 4.51. The first-order valence-electron chi connectivity index (χ1n) is 5.68. The summed E-state index contributed by atoms with van der Waals surface area (Å²) in [5.41, 5.74) is 3.31. The Labute approximate surface area is 101 Å². The first-order valence-corrected chi connectivity index (χ1v) is 5.68. The van der Waals surface area contributed by atoms with Crippen molar-refractivity contribution in [2.75, 3.05) is 0 Å². The Hall–Kier alpha value is -2.15. The van der Waals surface area contributed by atoms with Gasteiger partial charge in [0.05, 0.1) is 0 Å². The highest BCUT2D eigenvalue weighted by Crippen LogP contribution is 2.27. The Kier molecular flexibility index (Phi) is 2.37. The number of hydrogen-bond donors (Lipinski definition) is 0. The van der Waals surface area contributed by atoms with Crippen molar-refractivity contribution in [1.82, 2.24) is 4.98 Å². The van der Waals surface area contributed by atoms with Crippen LogP contribution in [0.15, 0.2) is 54.7 Å². The number of hydrogen-bond acceptors (Lipinski definition) is 1. The predicted octanol–water partition coefficient (Wildman–Crippen LogP) is 4.01. The van der Waals surface area contributed by atoms with Gasteiger partial charge in [-0.3, -0.25) is 0 Å². The van der Waals surface area contributed by atoms with Gasteiger partial charge in [0, 0.05) is 6.20 Å². The van der Waals surface area contributed by atoms with Gasteiger partial charge >= 0.3 is 0 Å². The van der Waals surface area contributed by atoms with Crippen LogP contribution in [0.2, 0.25) is 0 Å². The number of rotatable bonds is 1. The molecule has 0 unspecified atom stereocenters. The van der Waals surface area contributed by atoms with Crippen molar-refractivity contribution in [3.8, 4) is 11.3 Å². The lowest BCUT2D eigenvalue weighted by atomic mass is 10.0. The van der Waals surface area contributed by atoms with Crippen LogP contribution in [0.4, 0.5) is 0 Å². The number of fused-ring (bicyclic) bond motifs is 1. The van der Waals surface area contributed by atoms with Gasteiger partial charge in [-0.15, -0.1) is 35.4 Å². The molecule has 3 aromatic rings. The van der Waals surface area contributed by atoms with Crippen LogP contribution in [-0.2, 0) is 0 Å². The van der Waals surface area contributed by atoms with Gasteiger partial charge in [0.1, 0.15) is 0 Å². The van der Waals surface area contributed by atoms with Crippen LogP contribution in [-0.4, -0.2) is 4.98 Å². The molecule has 1 aromatic heterocycles. The largest absolute Gasteiger partial charge is 0.304 e. The second-order valence-corrected chi connectivity index (χ2v) is 4.11. The first-order chi connectivity index (χ1) is 8.36. The summed E-state index contributed by atoms with van der Waals surface area (Å²) >= 11 is 0. The molecule has 0 N–H and O–H groups in total. The molecule has 3 rings (SSSR count). The molecule has 17 heavy (non-hydrogen) atoms. The van der Waals surface area contributed by atoms with E-state index in [-0.39, 0.29) is 0 Å². The Morgan fingerprint density at radius 1 is 1.00 bits per heavy atom. The standard InChI is InChI=1S/C16H12N/c1-12-6-2-4-8-14(12)16-15-9-5-3-7-13(15)10-11-17-16/h2-7,9-11H,1H3/q-1. The van der Waals surface area contributed by atoms with Crippen LogP contribution in [0.1, 0.15) is 5.56 Å². The summed E-state index contributed by atoms with van der Waals surface area (Å²) in [7, 11) is 0. The summed E-state index contributed by atoms with van der Waals surface area (Å²) in [6.45, 7) is 2.09. The quantitative estimate of drug-likeness (QED) is 0.562. The molecule has 0 amide bonds. The van der Waals surface area contributed by atoms with Crippen LogP contribution < -0.4 is 0 Å². The molecule has 0 radical (unpaired) electrons. The van der Waals surface area contributed by atoms with Gasteiger partial charge < -0.3 is 4.98 Å². The van der Waals surface area contributed by atoms with E-state index in [0.717, 1.165) is 11.3 Å². The fraction of sp³-hybridized carbons (Fsp3) is 0.0625. The molecule has 0 aliphatic rings. The smallest absolute Gasteiger partial charge is 0.0167 e. The molecule has 2 aromatic carbocycles. The average molecular weight is 218 g/mol. The second-order valence-electron chi connectivity index (χ2n) is 4.11. The number of nitrogens with zero attached hydrogens (tertiary/aromatic N) is 1. The van der Waals surface area contributed by atoms with Crippen LogP contribution in [0.3, 0.4) is 0 Å². The molecule has 0 bridgehead atoms. The number of benzene rings is 2. The minimum atomic E-state index is 1.02. The van der Waals surface area contributed by atoms with Crippen molar-refractivity contribution in [2.24, 2.45) is 0 Å². The van der Waals surface area contributed by atoms with E-state index in [4.69, 9.17) is 0 Å². The van der Waals surface area contributed by atoms with Crippen LogP contribution in [0, 0.1) is 13.0 Å². The normalized spacial score (nSPS) is 10.6. The van der Waals surface area contributed by atoms with E-state index in [1.807, 2.05) is 36.5 Å². The summed E-state index contributed by atoms with van der Waals surface area (Å²) < 4.78 is 0. The predicted molar refractivity (Wildman–Crippen MR) is 70.8 cm³/mol. The maximum atomic E-state index is 4.51. The summed E-state index contributed by atoms with van der Waals surface area (Å²) in [5, 5.41) is 2.40. The van der Waals surface area contributed by atoms with Crippen LogP contribution >= 0.6 is 0 Å². The lowest BCUT2D eigenvalue weighted by Crippen LogP contribution is -1.88. The van der Waals surface area contributed by atoms with E-state index in [1.54, 1.807) is 0 Å². The third-order valence-corrected chi connectivity index (χ3v) is 2.97. The molecule has 0 aliphatic heterocycles. The van der Waals surface area contributed by atoms with Gasteiger partial charge in [-0.2, -0.15) is 0 Å². The molecule has 1 heterocycles. The summed E-state index contributed by atoms with van der Waals surface area (Å²) in [6, 6.07) is 19.7. The molecule has 0 saturated heterocycles. The fourth-order valence-electron chi connectivity index (χ4n) is 2.10. The van der Waals surface area contributed by atoms with Gasteiger partial charge in [0.2, 0.25) is 0 Å². The monoisotopic (exact) mass is 218 g/mol. The minimum Gasteiger partial charge on any atom is -0.304 e. The maximum Gasteiger partial charge on any atom is 0.0167 e. The molecule has 82 valence electrons. The highest BCUT2D eigenvalue weighted by molar-refractivity contribution is 5.94. The van der Waals surface area contributed by atoms with E-state index >= 15 is 0 Å². The first kappa shape index (κ1) is 10.0. The van der Waals surface area contributed by atoms with Crippen LogP contribution in [0.25, 0.3) is 22.0 Å². The second kappa shape index (κ2) is 4.02. The van der Waals surface area contributed by atoms with Crippen LogP contribution in [0.5, 0.6) is 0 Å². The highest BCUT2D eigenvalue weighted by atomic mass is 14.7. The van der Waals surface area contributed by atoms with Gasteiger partial charge in [-0.1, -0.05) is 31.2 Å². The minimum absolute atomic E-state index is 1.02. The zero-order valence-corrected chi connectivity index (χ0v) is 9.64. The number of aryl methyl sites for hydroxylation is 1. The van der Waals surface area contributed by atoms with E-state index in [9.17, 15) is 0 Å². The molecular weight excluding hydrogens is 206 g/mol. The molecule has 1 heteroatoms.